The number of carbonyl (C=O) groups excluding carboxylic acids is 1. The minimum atomic E-state index is -4.10. The zero-order chi connectivity index (χ0) is 13.6. The summed E-state index contributed by atoms with van der Waals surface area (Å²) in [6, 6.07) is -0.453. The van der Waals surface area contributed by atoms with Gasteiger partial charge in [-0.2, -0.15) is 8.42 Å². The summed E-state index contributed by atoms with van der Waals surface area (Å²) in [6.45, 7) is 7.11. The molecule has 0 radical (unpaired) electrons. The lowest BCUT2D eigenvalue weighted by atomic mass is 9.83. The van der Waals surface area contributed by atoms with Crippen LogP contribution in [0.2, 0.25) is 0 Å². The molecule has 0 aliphatic carbocycles. The van der Waals surface area contributed by atoms with Gasteiger partial charge in [0, 0.05) is 18.3 Å². The average Bonchev–Trinajstić information content (AvgIpc) is 2.23. The van der Waals surface area contributed by atoms with Gasteiger partial charge in [-0.25, -0.2) is 9.21 Å². The number of hydrogen-bond donors (Lipinski definition) is 1. The van der Waals surface area contributed by atoms with Crippen molar-refractivity contribution in [1.82, 2.24) is 9.32 Å². The van der Waals surface area contributed by atoms with E-state index in [-0.39, 0.29) is 6.54 Å². The van der Waals surface area contributed by atoms with Gasteiger partial charge in [0.15, 0.2) is 0 Å². The van der Waals surface area contributed by atoms with Crippen molar-refractivity contribution in [3.63, 3.8) is 0 Å². The number of rotatable bonds is 3. The molecule has 17 heavy (non-hydrogen) atoms. The summed E-state index contributed by atoms with van der Waals surface area (Å²) in [5.41, 5.74) is -1.26. The number of amides is 2. The Kier molecular flexibility index (Phi) is 3.42. The van der Waals surface area contributed by atoms with Gasteiger partial charge in [-0.15, -0.1) is 0 Å². The molecule has 1 aliphatic heterocycles. The van der Waals surface area contributed by atoms with Crippen LogP contribution < -0.4 is 0 Å². The zero-order valence-corrected chi connectivity index (χ0v) is 11.8. The molecular weight excluding hydrogens is 268 g/mol. The summed E-state index contributed by atoms with van der Waals surface area (Å²) in [5, 5.41) is 0. The van der Waals surface area contributed by atoms with Crippen LogP contribution in [0.5, 0.6) is 0 Å². The van der Waals surface area contributed by atoms with E-state index < -0.39 is 33.0 Å². The van der Waals surface area contributed by atoms with E-state index in [1.54, 1.807) is 27.7 Å². The van der Waals surface area contributed by atoms with Gasteiger partial charge in [0.25, 0.3) is 10.1 Å². The van der Waals surface area contributed by atoms with Crippen molar-refractivity contribution < 1.29 is 17.8 Å². The van der Waals surface area contributed by atoms with Crippen LogP contribution in [0, 0.1) is 0 Å². The first kappa shape index (κ1) is 14.5. The molecule has 0 spiro atoms. The molecule has 6 nitrogen and oxygen atoms in total. The fraction of sp³-hybridized carbons (Fsp3) is 0.889. The lowest BCUT2D eigenvalue weighted by molar-refractivity contribution is 0.136. The van der Waals surface area contributed by atoms with Crippen LogP contribution in [-0.4, -0.2) is 51.7 Å². The Labute approximate surface area is 106 Å². The predicted octanol–water partition coefficient (Wildman–Crippen LogP) is 1.32. The highest BCUT2D eigenvalue weighted by Crippen LogP contribution is 2.41. The smallest absolute Gasteiger partial charge is 0.315 e. The van der Waals surface area contributed by atoms with E-state index in [2.05, 4.69) is 0 Å². The van der Waals surface area contributed by atoms with Crippen LogP contribution in [0.1, 0.15) is 27.7 Å². The molecule has 1 saturated heterocycles. The maximum Gasteiger partial charge on any atom is 0.335 e. The van der Waals surface area contributed by atoms with E-state index in [9.17, 15) is 13.2 Å². The van der Waals surface area contributed by atoms with Crippen molar-refractivity contribution in [2.24, 2.45) is 0 Å². The fourth-order valence-corrected chi connectivity index (χ4v) is 2.45. The predicted molar refractivity (Wildman–Crippen MR) is 64.4 cm³/mol. The Bertz CT molecular complexity index is 432. The second-order valence-corrected chi connectivity index (χ2v) is 7.03. The second kappa shape index (κ2) is 4.00. The van der Waals surface area contributed by atoms with E-state index >= 15 is 0 Å². The van der Waals surface area contributed by atoms with Gasteiger partial charge < -0.3 is 4.90 Å². The Morgan fingerprint density at radius 3 is 2.00 bits per heavy atom. The van der Waals surface area contributed by atoms with Crippen LogP contribution in [0.3, 0.4) is 0 Å². The van der Waals surface area contributed by atoms with Crippen LogP contribution in [0.25, 0.3) is 0 Å². The SMILES string of the molecule is CC1(C)N(Cl)C(=O)N(CCS(=O)(=O)O)C1(C)C. The summed E-state index contributed by atoms with van der Waals surface area (Å²) in [6.07, 6.45) is 0. The highest BCUT2D eigenvalue weighted by molar-refractivity contribution is 7.85. The first-order chi connectivity index (χ1) is 7.41. The number of nitrogens with zero attached hydrogens (tertiary/aromatic N) is 2. The van der Waals surface area contributed by atoms with Gasteiger partial charge in [0.05, 0.1) is 16.8 Å². The molecule has 0 unspecified atom stereocenters. The number of carbonyl (C=O) groups is 1. The highest BCUT2D eigenvalue weighted by atomic mass is 35.5. The van der Waals surface area contributed by atoms with Crippen molar-refractivity contribution in [1.29, 1.82) is 0 Å². The number of hydrogen-bond acceptors (Lipinski definition) is 3. The molecule has 1 rings (SSSR count). The van der Waals surface area contributed by atoms with Crippen LogP contribution >= 0.6 is 11.8 Å². The van der Waals surface area contributed by atoms with E-state index in [1.807, 2.05) is 0 Å². The minimum absolute atomic E-state index is 0.0860. The summed E-state index contributed by atoms with van der Waals surface area (Å²) < 4.78 is 31.2. The largest absolute Gasteiger partial charge is 0.335 e. The summed E-state index contributed by atoms with van der Waals surface area (Å²) in [5.74, 6) is -0.497. The third kappa shape index (κ3) is 2.36. The quantitative estimate of drug-likeness (QED) is 0.626. The topological polar surface area (TPSA) is 77.9 Å². The first-order valence-electron chi connectivity index (χ1n) is 5.14. The van der Waals surface area contributed by atoms with Crippen molar-refractivity contribution >= 4 is 27.9 Å². The van der Waals surface area contributed by atoms with E-state index in [4.69, 9.17) is 16.3 Å². The molecule has 2 amide bonds. The molecule has 1 N–H and O–H groups in total. The normalized spacial score (nSPS) is 23.3. The van der Waals surface area contributed by atoms with Crippen molar-refractivity contribution in [3.05, 3.63) is 0 Å². The monoisotopic (exact) mass is 284 g/mol. The molecule has 8 heteroatoms. The lowest BCUT2D eigenvalue weighted by Crippen LogP contribution is -2.53. The molecule has 0 atom stereocenters. The Morgan fingerprint density at radius 2 is 1.71 bits per heavy atom. The molecule has 1 aliphatic rings. The molecular formula is C9H17ClN2O4S. The standard InChI is InChI=1S/C9H17ClN2O4S/c1-8(2)9(3,4)12(10)7(13)11(8)5-6-17(14,15)16/h5-6H2,1-4H3,(H,14,15,16). The van der Waals surface area contributed by atoms with E-state index in [0.29, 0.717) is 0 Å². The molecule has 1 fully saturated rings. The van der Waals surface area contributed by atoms with Crippen molar-refractivity contribution in [2.45, 2.75) is 38.8 Å². The van der Waals surface area contributed by atoms with Crippen LogP contribution in [0.4, 0.5) is 4.79 Å². The second-order valence-electron chi connectivity index (χ2n) is 5.12. The third-order valence-electron chi connectivity index (χ3n) is 3.63. The van der Waals surface area contributed by atoms with Crippen molar-refractivity contribution in [2.75, 3.05) is 12.3 Å². The summed E-state index contributed by atoms with van der Waals surface area (Å²) in [4.78, 5) is 13.3. The van der Waals surface area contributed by atoms with Crippen LogP contribution in [0.15, 0.2) is 0 Å². The molecule has 0 bridgehead atoms. The van der Waals surface area contributed by atoms with Gasteiger partial charge in [0.2, 0.25) is 0 Å². The van der Waals surface area contributed by atoms with Gasteiger partial charge >= 0.3 is 6.03 Å². The van der Waals surface area contributed by atoms with Gasteiger partial charge in [-0.05, 0) is 27.7 Å². The maximum atomic E-state index is 11.9. The zero-order valence-electron chi connectivity index (χ0n) is 10.3. The number of halogens is 1. The highest BCUT2D eigenvalue weighted by Gasteiger charge is 2.56. The van der Waals surface area contributed by atoms with Gasteiger partial charge in [-0.1, -0.05) is 0 Å². The van der Waals surface area contributed by atoms with Crippen molar-refractivity contribution in [3.8, 4) is 0 Å². The molecule has 100 valence electrons. The Morgan fingerprint density at radius 1 is 1.24 bits per heavy atom. The average molecular weight is 285 g/mol. The van der Waals surface area contributed by atoms with E-state index in [0.717, 1.165) is 4.42 Å². The van der Waals surface area contributed by atoms with Gasteiger partial charge in [-0.3, -0.25) is 4.55 Å². The molecule has 0 aromatic heterocycles. The van der Waals surface area contributed by atoms with E-state index in [1.165, 1.54) is 4.90 Å². The Balaban J connectivity index is 2.97. The first-order valence-corrected chi connectivity index (χ1v) is 7.09. The third-order valence-corrected chi connectivity index (χ3v) is 4.90. The fourth-order valence-electron chi connectivity index (χ4n) is 1.74. The lowest BCUT2D eigenvalue weighted by Gasteiger charge is -2.39. The Hall–Kier alpha value is -0.530. The molecule has 0 saturated carbocycles. The van der Waals surface area contributed by atoms with Crippen LogP contribution in [-0.2, 0) is 10.1 Å². The summed E-state index contributed by atoms with van der Waals surface area (Å²) >= 11 is 5.91. The molecule has 0 aromatic rings. The van der Waals surface area contributed by atoms with Gasteiger partial charge in [0.1, 0.15) is 0 Å². The minimum Gasteiger partial charge on any atom is -0.315 e. The molecule has 0 aromatic carbocycles. The number of urea groups is 1. The maximum absolute atomic E-state index is 11.9. The molecule has 1 heterocycles. The summed E-state index contributed by atoms with van der Waals surface area (Å²) in [7, 11) is -4.10.